The van der Waals surface area contributed by atoms with E-state index in [4.69, 9.17) is 28.9 Å². The van der Waals surface area contributed by atoms with Gasteiger partial charge in [0.25, 0.3) is 0 Å². The molecular formula is C15H16Cl2F3N3. The second-order valence-electron chi connectivity index (χ2n) is 6.31. The zero-order chi connectivity index (χ0) is 17.7. The van der Waals surface area contributed by atoms with Crippen LogP contribution >= 0.6 is 23.2 Å². The fourth-order valence-electron chi connectivity index (χ4n) is 2.32. The molecule has 23 heavy (non-hydrogen) atoms. The van der Waals surface area contributed by atoms with Crippen molar-refractivity contribution in [1.82, 2.24) is 9.78 Å². The number of rotatable bonds is 1. The molecule has 0 amide bonds. The molecule has 0 unspecified atom stereocenters. The molecule has 2 aromatic rings. The van der Waals surface area contributed by atoms with Crippen molar-refractivity contribution < 1.29 is 13.2 Å². The first-order valence-electron chi connectivity index (χ1n) is 6.76. The molecule has 0 aliphatic carbocycles. The maximum absolute atomic E-state index is 12.8. The molecule has 126 valence electrons. The molecule has 1 aromatic carbocycles. The maximum Gasteiger partial charge on any atom is 0.416 e. The normalized spacial score (nSPS) is 12.7. The minimum atomic E-state index is -4.53. The van der Waals surface area contributed by atoms with Gasteiger partial charge in [-0.25, -0.2) is 4.68 Å². The predicted octanol–water partition coefficient (Wildman–Crippen LogP) is 5.39. The lowest BCUT2D eigenvalue weighted by Crippen LogP contribution is -2.14. The first-order chi connectivity index (χ1) is 10.3. The Morgan fingerprint density at radius 2 is 1.57 bits per heavy atom. The second-order valence-corrected chi connectivity index (χ2v) is 7.12. The number of anilines is 1. The number of hydrogen-bond donors (Lipinski definition) is 1. The van der Waals surface area contributed by atoms with E-state index < -0.39 is 11.7 Å². The summed E-state index contributed by atoms with van der Waals surface area (Å²) in [4.78, 5) is 0. The van der Waals surface area contributed by atoms with E-state index in [0.717, 1.165) is 23.4 Å². The van der Waals surface area contributed by atoms with E-state index in [1.54, 1.807) is 6.92 Å². The third kappa shape index (κ3) is 3.28. The van der Waals surface area contributed by atoms with Crippen molar-refractivity contribution in [2.45, 2.75) is 39.3 Å². The van der Waals surface area contributed by atoms with E-state index in [1.807, 2.05) is 20.8 Å². The number of nitrogen functional groups attached to an aromatic ring is 1. The Labute approximate surface area is 142 Å². The van der Waals surface area contributed by atoms with E-state index in [9.17, 15) is 13.2 Å². The SMILES string of the molecule is Cc1c(C(C)(C)C)nn(-c2c(Cl)cc(C(F)(F)F)cc2Cl)c1N. The van der Waals surface area contributed by atoms with Gasteiger partial charge >= 0.3 is 6.18 Å². The molecule has 0 saturated carbocycles. The molecule has 8 heteroatoms. The molecule has 0 spiro atoms. The molecule has 0 aliphatic heterocycles. The highest BCUT2D eigenvalue weighted by Crippen LogP contribution is 2.39. The lowest BCUT2D eigenvalue weighted by atomic mass is 9.90. The zero-order valence-electron chi connectivity index (χ0n) is 13.0. The minimum absolute atomic E-state index is 0.137. The lowest BCUT2D eigenvalue weighted by molar-refractivity contribution is -0.137. The molecule has 1 aromatic heterocycles. The largest absolute Gasteiger partial charge is 0.416 e. The summed E-state index contributed by atoms with van der Waals surface area (Å²) in [5.74, 6) is 0.290. The fourth-order valence-corrected chi connectivity index (χ4v) is 2.97. The number of nitrogens with two attached hydrogens (primary N) is 1. The lowest BCUT2D eigenvalue weighted by Gasteiger charge is -2.16. The van der Waals surface area contributed by atoms with E-state index in [0.29, 0.717) is 5.82 Å². The van der Waals surface area contributed by atoms with Crippen molar-refractivity contribution in [2.24, 2.45) is 0 Å². The van der Waals surface area contributed by atoms with Gasteiger partial charge < -0.3 is 5.73 Å². The Bertz CT molecular complexity index is 736. The molecular weight excluding hydrogens is 350 g/mol. The topological polar surface area (TPSA) is 43.8 Å². The third-order valence-corrected chi connectivity index (χ3v) is 4.01. The summed E-state index contributed by atoms with van der Waals surface area (Å²) in [5.41, 5.74) is 6.45. The minimum Gasteiger partial charge on any atom is -0.383 e. The van der Waals surface area contributed by atoms with E-state index >= 15 is 0 Å². The van der Waals surface area contributed by atoms with Gasteiger partial charge in [-0.15, -0.1) is 0 Å². The first-order valence-corrected chi connectivity index (χ1v) is 7.52. The highest BCUT2D eigenvalue weighted by molar-refractivity contribution is 6.38. The van der Waals surface area contributed by atoms with E-state index in [2.05, 4.69) is 5.10 Å². The van der Waals surface area contributed by atoms with E-state index in [-0.39, 0.29) is 21.1 Å². The van der Waals surface area contributed by atoms with Crippen LogP contribution in [-0.2, 0) is 11.6 Å². The van der Waals surface area contributed by atoms with Gasteiger partial charge in [0, 0.05) is 11.0 Å². The van der Waals surface area contributed by atoms with Crippen molar-refractivity contribution in [2.75, 3.05) is 5.73 Å². The van der Waals surface area contributed by atoms with Crippen LogP contribution in [0.25, 0.3) is 5.69 Å². The molecule has 2 rings (SSSR count). The number of nitrogens with zero attached hydrogens (tertiary/aromatic N) is 2. The summed E-state index contributed by atoms with van der Waals surface area (Å²) in [5, 5.41) is 4.07. The van der Waals surface area contributed by atoms with Crippen molar-refractivity contribution >= 4 is 29.0 Å². The average molecular weight is 366 g/mol. The van der Waals surface area contributed by atoms with Gasteiger partial charge in [0.05, 0.1) is 21.3 Å². The van der Waals surface area contributed by atoms with Crippen molar-refractivity contribution in [3.05, 3.63) is 39.0 Å². The second kappa shape index (κ2) is 5.60. The Morgan fingerprint density at radius 3 is 1.91 bits per heavy atom. The predicted molar refractivity (Wildman–Crippen MR) is 86.4 cm³/mol. The van der Waals surface area contributed by atoms with Gasteiger partial charge in [-0.3, -0.25) is 0 Å². The van der Waals surface area contributed by atoms with Crippen LogP contribution in [0.4, 0.5) is 19.0 Å². The third-order valence-electron chi connectivity index (χ3n) is 3.43. The van der Waals surface area contributed by atoms with Crippen LogP contribution in [-0.4, -0.2) is 9.78 Å². The van der Waals surface area contributed by atoms with Gasteiger partial charge in [-0.05, 0) is 19.1 Å². The number of aromatic nitrogens is 2. The number of hydrogen-bond acceptors (Lipinski definition) is 2. The van der Waals surface area contributed by atoms with Gasteiger partial charge in [0.1, 0.15) is 11.5 Å². The molecule has 0 saturated heterocycles. The Morgan fingerprint density at radius 1 is 1.09 bits per heavy atom. The highest BCUT2D eigenvalue weighted by atomic mass is 35.5. The average Bonchev–Trinajstić information content (AvgIpc) is 2.65. The fraction of sp³-hybridized carbons (Fsp3) is 0.400. The summed E-state index contributed by atoms with van der Waals surface area (Å²) in [6.07, 6.45) is -4.53. The highest BCUT2D eigenvalue weighted by Gasteiger charge is 2.33. The summed E-state index contributed by atoms with van der Waals surface area (Å²) >= 11 is 12.0. The van der Waals surface area contributed by atoms with Gasteiger partial charge in [0.15, 0.2) is 0 Å². The summed E-state index contributed by atoms with van der Waals surface area (Å²) in [6, 6.07) is 1.63. The van der Waals surface area contributed by atoms with Crippen molar-refractivity contribution in [3.63, 3.8) is 0 Å². The molecule has 0 aliphatic rings. The number of benzene rings is 1. The maximum atomic E-state index is 12.8. The van der Waals surface area contributed by atoms with Crippen LogP contribution in [0.1, 0.15) is 37.6 Å². The quantitative estimate of drug-likeness (QED) is 0.736. The van der Waals surface area contributed by atoms with Crippen molar-refractivity contribution in [3.8, 4) is 5.69 Å². The molecule has 0 bridgehead atoms. The standard InChI is InChI=1S/C15H16Cl2F3N3/c1-7-12(14(2,3)4)22-23(13(7)21)11-9(16)5-8(6-10(11)17)15(18,19)20/h5-6H,21H2,1-4H3. The van der Waals surface area contributed by atoms with Crippen molar-refractivity contribution in [1.29, 1.82) is 0 Å². The van der Waals surface area contributed by atoms with Crippen LogP contribution in [0, 0.1) is 6.92 Å². The smallest absolute Gasteiger partial charge is 0.383 e. The van der Waals surface area contributed by atoms with Crippen LogP contribution in [0.5, 0.6) is 0 Å². The molecule has 0 radical (unpaired) electrons. The van der Waals surface area contributed by atoms with Crippen LogP contribution < -0.4 is 5.73 Å². The molecule has 0 atom stereocenters. The summed E-state index contributed by atoms with van der Waals surface area (Å²) < 4.78 is 39.8. The zero-order valence-corrected chi connectivity index (χ0v) is 14.5. The van der Waals surface area contributed by atoms with Gasteiger partial charge in [-0.1, -0.05) is 44.0 Å². The van der Waals surface area contributed by atoms with Gasteiger partial charge in [0.2, 0.25) is 0 Å². The van der Waals surface area contributed by atoms with Crippen LogP contribution in [0.2, 0.25) is 10.0 Å². The number of alkyl halides is 3. The molecule has 0 fully saturated rings. The number of halogens is 5. The van der Waals surface area contributed by atoms with E-state index in [1.165, 1.54) is 4.68 Å². The van der Waals surface area contributed by atoms with Crippen LogP contribution in [0.15, 0.2) is 12.1 Å². The Kier molecular flexibility index (Phi) is 4.37. The Hall–Kier alpha value is -1.40. The molecule has 2 N–H and O–H groups in total. The molecule has 3 nitrogen and oxygen atoms in total. The van der Waals surface area contributed by atoms with Gasteiger partial charge in [-0.2, -0.15) is 18.3 Å². The summed E-state index contributed by atoms with van der Waals surface area (Å²) in [7, 11) is 0. The Balaban J connectivity index is 2.69. The monoisotopic (exact) mass is 365 g/mol. The summed E-state index contributed by atoms with van der Waals surface area (Å²) in [6.45, 7) is 7.68. The first kappa shape index (κ1) is 17.9. The molecule has 1 heterocycles. The van der Waals surface area contributed by atoms with Crippen LogP contribution in [0.3, 0.4) is 0 Å².